The fraction of sp³-hybridized carbons (Fsp3) is 0.333. The number of rotatable bonds is 5. The van der Waals surface area contributed by atoms with E-state index in [0.717, 1.165) is 50.4 Å². The normalized spacial score (nSPS) is 20.7. The molecule has 24 heavy (non-hydrogen) atoms. The summed E-state index contributed by atoms with van der Waals surface area (Å²) >= 11 is 0. The third-order valence-corrected chi connectivity index (χ3v) is 4.64. The minimum absolute atomic E-state index is 0.128. The number of non-ortho nitro benzene ring substituents is 1. The Morgan fingerprint density at radius 2 is 1.62 bits per heavy atom. The molecule has 0 unspecified atom stereocenters. The zero-order valence-corrected chi connectivity index (χ0v) is 13.5. The lowest BCUT2D eigenvalue weighted by molar-refractivity contribution is -1.02. The van der Waals surface area contributed by atoms with E-state index in [4.69, 9.17) is 0 Å². The summed E-state index contributed by atoms with van der Waals surface area (Å²) in [5.74, 6) is -0.128. The van der Waals surface area contributed by atoms with Crippen LogP contribution in [0.5, 0.6) is 0 Å². The number of nitro groups is 1. The summed E-state index contributed by atoms with van der Waals surface area (Å²) < 4.78 is 13.7. The van der Waals surface area contributed by atoms with E-state index in [2.05, 4.69) is 0 Å². The van der Waals surface area contributed by atoms with E-state index in [9.17, 15) is 14.5 Å². The van der Waals surface area contributed by atoms with Gasteiger partial charge in [-0.3, -0.25) is 10.1 Å². The Hall–Kier alpha value is -2.31. The number of nitro benzene ring substituents is 1. The van der Waals surface area contributed by atoms with Crippen molar-refractivity contribution in [2.24, 2.45) is 0 Å². The van der Waals surface area contributed by atoms with E-state index < -0.39 is 0 Å². The van der Waals surface area contributed by atoms with E-state index >= 15 is 0 Å². The maximum atomic E-state index is 13.7. The molecule has 2 aromatic carbocycles. The molecular weight excluding hydrogens is 309 g/mol. The number of halogens is 1. The summed E-state index contributed by atoms with van der Waals surface area (Å²) in [7, 11) is 0. The number of benzene rings is 2. The van der Waals surface area contributed by atoms with Gasteiger partial charge in [-0.25, -0.2) is 4.39 Å². The Kier molecular flexibility index (Phi) is 5.17. The lowest BCUT2D eigenvalue weighted by atomic mass is 10.1. The monoisotopic (exact) mass is 331 g/mol. The van der Waals surface area contributed by atoms with Gasteiger partial charge in [0, 0.05) is 23.3 Å². The van der Waals surface area contributed by atoms with Crippen LogP contribution in [0.3, 0.4) is 0 Å². The molecule has 1 saturated heterocycles. The van der Waals surface area contributed by atoms with Crippen molar-refractivity contribution in [3.63, 3.8) is 0 Å². The summed E-state index contributed by atoms with van der Waals surface area (Å²) in [6.45, 7) is 5.47. The number of hydrogen-bond donors (Lipinski definition) is 2. The predicted molar refractivity (Wildman–Crippen MR) is 88.3 cm³/mol. The highest BCUT2D eigenvalue weighted by atomic mass is 19.1. The molecule has 0 radical (unpaired) electrons. The van der Waals surface area contributed by atoms with Crippen molar-refractivity contribution < 1.29 is 19.1 Å². The van der Waals surface area contributed by atoms with Gasteiger partial charge in [-0.2, -0.15) is 0 Å². The van der Waals surface area contributed by atoms with Crippen LogP contribution in [0, 0.1) is 15.9 Å². The van der Waals surface area contributed by atoms with Crippen molar-refractivity contribution in [1.29, 1.82) is 0 Å². The first-order chi connectivity index (χ1) is 11.6. The highest BCUT2D eigenvalue weighted by molar-refractivity contribution is 5.33. The highest BCUT2D eigenvalue weighted by Gasteiger charge is 2.24. The fourth-order valence-corrected chi connectivity index (χ4v) is 3.29. The maximum absolute atomic E-state index is 13.7. The molecule has 6 heteroatoms. The Balaban J connectivity index is 1.53. The van der Waals surface area contributed by atoms with Crippen molar-refractivity contribution in [2.45, 2.75) is 13.1 Å². The Bertz CT molecular complexity index is 715. The van der Waals surface area contributed by atoms with Crippen LogP contribution < -0.4 is 9.80 Å². The van der Waals surface area contributed by atoms with Crippen molar-refractivity contribution in [3.05, 3.63) is 75.6 Å². The van der Waals surface area contributed by atoms with Crippen LogP contribution in [-0.2, 0) is 13.1 Å². The second-order valence-electron chi connectivity index (χ2n) is 6.37. The van der Waals surface area contributed by atoms with Gasteiger partial charge in [-0.1, -0.05) is 30.3 Å². The van der Waals surface area contributed by atoms with Gasteiger partial charge in [0.2, 0.25) is 0 Å². The summed E-state index contributed by atoms with van der Waals surface area (Å²) in [5.41, 5.74) is 1.92. The van der Waals surface area contributed by atoms with Gasteiger partial charge < -0.3 is 9.80 Å². The SMILES string of the molecule is O=[N+]([O-])c1cccc(C[NH+]2CC[NH+](Cc3ccccc3F)CC2)c1. The summed E-state index contributed by atoms with van der Waals surface area (Å²) in [6.07, 6.45) is 0. The Labute approximate surface area is 140 Å². The standard InChI is InChI=1S/C18H20FN3O2/c19-18-7-2-1-5-16(18)14-21-10-8-20(9-11-21)13-15-4-3-6-17(12-15)22(23)24/h1-7,12H,8-11,13-14H2/p+2. The molecule has 1 heterocycles. The van der Waals surface area contributed by atoms with Crippen molar-refractivity contribution in [1.82, 2.24) is 0 Å². The average molecular weight is 331 g/mol. The smallest absolute Gasteiger partial charge is 0.269 e. The van der Waals surface area contributed by atoms with Gasteiger partial charge in [0.15, 0.2) is 0 Å². The zero-order valence-electron chi connectivity index (χ0n) is 13.5. The molecule has 1 aliphatic heterocycles. The van der Waals surface area contributed by atoms with E-state index in [1.165, 1.54) is 21.9 Å². The molecule has 0 amide bonds. The van der Waals surface area contributed by atoms with Crippen LogP contribution >= 0.6 is 0 Å². The van der Waals surface area contributed by atoms with Gasteiger partial charge in [0.05, 0.1) is 4.92 Å². The maximum Gasteiger partial charge on any atom is 0.269 e. The third kappa shape index (κ3) is 4.15. The minimum Gasteiger partial charge on any atom is -0.322 e. The van der Waals surface area contributed by atoms with Gasteiger partial charge in [-0.05, 0) is 6.07 Å². The van der Waals surface area contributed by atoms with E-state index in [-0.39, 0.29) is 16.4 Å². The molecular formula is C18H22FN3O2+2. The molecule has 126 valence electrons. The highest BCUT2D eigenvalue weighted by Crippen LogP contribution is 2.12. The van der Waals surface area contributed by atoms with E-state index in [1.807, 2.05) is 18.2 Å². The molecule has 1 aliphatic rings. The first-order valence-corrected chi connectivity index (χ1v) is 8.25. The quantitative estimate of drug-likeness (QED) is 0.608. The van der Waals surface area contributed by atoms with Crippen LogP contribution in [0.1, 0.15) is 11.1 Å². The minimum atomic E-state index is -0.352. The number of nitrogens with zero attached hydrogens (tertiary/aromatic N) is 1. The molecule has 2 aromatic rings. The molecule has 0 bridgehead atoms. The van der Waals surface area contributed by atoms with Gasteiger partial charge >= 0.3 is 0 Å². The van der Waals surface area contributed by atoms with Crippen LogP contribution in [0.15, 0.2) is 48.5 Å². The molecule has 0 saturated carbocycles. The number of quaternary nitrogens is 2. The van der Waals surface area contributed by atoms with Crippen LogP contribution in [0.2, 0.25) is 0 Å². The Morgan fingerprint density at radius 1 is 0.958 bits per heavy atom. The summed E-state index contributed by atoms with van der Waals surface area (Å²) in [5, 5.41) is 10.9. The first kappa shape index (κ1) is 16.5. The van der Waals surface area contributed by atoms with Crippen LogP contribution in [0.25, 0.3) is 0 Å². The van der Waals surface area contributed by atoms with Gasteiger partial charge in [-0.15, -0.1) is 0 Å². The predicted octanol–water partition coefficient (Wildman–Crippen LogP) is 0.218. The number of nitrogens with one attached hydrogen (secondary N) is 2. The average Bonchev–Trinajstić information content (AvgIpc) is 2.59. The van der Waals surface area contributed by atoms with E-state index in [0.29, 0.717) is 0 Å². The molecule has 5 nitrogen and oxygen atoms in total. The second kappa shape index (κ2) is 7.51. The number of piperazine rings is 1. The topological polar surface area (TPSA) is 52.0 Å². The zero-order chi connectivity index (χ0) is 16.9. The molecule has 0 atom stereocenters. The molecule has 0 aliphatic carbocycles. The van der Waals surface area contributed by atoms with Crippen molar-refractivity contribution in [3.8, 4) is 0 Å². The lowest BCUT2D eigenvalue weighted by Gasteiger charge is -2.29. The van der Waals surface area contributed by atoms with Gasteiger partial charge in [0.1, 0.15) is 45.1 Å². The van der Waals surface area contributed by atoms with Crippen molar-refractivity contribution >= 4 is 5.69 Å². The fourth-order valence-electron chi connectivity index (χ4n) is 3.29. The summed E-state index contributed by atoms with van der Waals surface area (Å²) in [6, 6.07) is 13.8. The molecule has 2 N–H and O–H groups in total. The molecule has 1 fully saturated rings. The molecule has 0 spiro atoms. The van der Waals surface area contributed by atoms with Crippen LogP contribution in [0.4, 0.5) is 10.1 Å². The second-order valence-corrected chi connectivity index (χ2v) is 6.37. The molecule has 0 aromatic heterocycles. The van der Waals surface area contributed by atoms with Crippen molar-refractivity contribution in [2.75, 3.05) is 26.2 Å². The number of hydrogen-bond acceptors (Lipinski definition) is 2. The van der Waals surface area contributed by atoms with E-state index in [1.54, 1.807) is 18.2 Å². The first-order valence-electron chi connectivity index (χ1n) is 8.25. The third-order valence-electron chi connectivity index (χ3n) is 4.64. The summed E-state index contributed by atoms with van der Waals surface area (Å²) in [4.78, 5) is 13.3. The van der Waals surface area contributed by atoms with Crippen LogP contribution in [-0.4, -0.2) is 31.1 Å². The van der Waals surface area contributed by atoms with Gasteiger partial charge in [0.25, 0.3) is 5.69 Å². The Morgan fingerprint density at radius 3 is 2.29 bits per heavy atom. The molecule has 3 rings (SSSR count). The lowest BCUT2D eigenvalue weighted by Crippen LogP contribution is -3.27. The largest absolute Gasteiger partial charge is 0.322 e.